The maximum absolute atomic E-state index is 9.51. The van der Waals surface area contributed by atoms with Crippen LogP contribution in [-0.4, -0.2) is 65.7 Å². The molecule has 7 N–H and O–H groups in total. The summed E-state index contributed by atoms with van der Waals surface area (Å²) in [4.78, 5) is 0. The Bertz CT molecular complexity index is 190. The normalized spacial score (nSPS) is 37.2. The summed E-state index contributed by atoms with van der Waals surface area (Å²) in [5.74, 6) is 0. The molecule has 4 atom stereocenters. The van der Waals surface area contributed by atoms with E-state index < -0.39 is 30.7 Å². The van der Waals surface area contributed by atoms with Crippen LogP contribution in [0, 0.1) is 0 Å². The van der Waals surface area contributed by atoms with Crippen LogP contribution in [0.15, 0.2) is 0 Å². The Morgan fingerprint density at radius 2 is 1.80 bits per heavy atom. The first-order valence-electron chi connectivity index (χ1n) is 4.81. The Kier molecular flexibility index (Phi) is 4.87. The zero-order valence-electron chi connectivity index (χ0n) is 8.32. The third-order valence-corrected chi connectivity index (χ3v) is 2.31. The van der Waals surface area contributed by atoms with Gasteiger partial charge in [-0.2, -0.15) is 0 Å². The molecule has 1 aliphatic rings. The second-order valence-electron chi connectivity index (χ2n) is 3.48. The molecule has 0 saturated carbocycles. The van der Waals surface area contributed by atoms with Crippen LogP contribution in [0.25, 0.3) is 0 Å². The molecule has 0 spiro atoms. The summed E-state index contributed by atoms with van der Waals surface area (Å²) in [7, 11) is 0. The Morgan fingerprint density at radius 1 is 1.20 bits per heavy atom. The first-order valence-corrected chi connectivity index (χ1v) is 4.81. The van der Waals surface area contributed by atoms with Crippen molar-refractivity contribution >= 4 is 0 Å². The average molecular weight is 222 g/mol. The van der Waals surface area contributed by atoms with Crippen LogP contribution in [0.3, 0.4) is 0 Å². The number of aliphatic hydroxyl groups excluding tert-OH is 3. The van der Waals surface area contributed by atoms with Crippen molar-refractivity contribution in [2.45, 2.75) is 30.7 Å². The number of hydrogen-bond donors (Lipinski definition) is 5. The van der Waals surface area contributed by atoms with Crippen molar-refractivity contribution in [2.24, 2.45) is 11.5 Å². The zero-order chi connectivity index (χ0) is 11.4. The van der Waals surface area contributed by atoms with Gasteiger partial charge >= 0.3 is 0 Å². The maximum Gasteiger partial charge on any atom is 0.186 e. The first kappa shape index (κ1) is 12.8. The predicted molar refractivity (Wildman–Crippen MR) is 50.7 cm³/mol. The number of hydrogen-bond acceptors (Lipinski definition) is 7. The highest BCUT2D eigenvalue weighted by atomic mass is 16.7. The molecule has 1 saturated heterocycles. The molecule has 1 fully saturated rings. The Labute approximate surface area is 87.6 Å². The van der Waals surface area contributed by atoms with Crippen LogP contribution >= 0.6 is 0 Å². The highest BCUT2D eigenvalue weighted by Gasteiger charge is 2.38. The monoisotopic (exact) mass is 222 g/mol. The minimum absolute atomic E-state index is 0.0925. The smallest absolute Gasteiger partial charge is 0.186 e. The van der Waals surface area contributed by atoms with Gasteiger partial charge in [0.2, 0.25) is 0 Å². The largest absolute Gasteiger partial charge is 0.388 e. The van der Waals surface area contributed by atoms with Crippen molar-refractivity contribution in [3.8, 4) is 0 Å². The van der Waals surface area contributed by atoms with Gasteiger partial charge in [0, 0.05) is 13.1 Å². The third kappa shape index (κ3) is 3.08. The number of rotatable bonds is 4. The minimum atomic E-state index is -1.30. The summed E-state index contributed by atoms with van der Waals surface area (Å²) in [6, 6.07) is 0. The van der Waals surface area contributed by atoms with Gasteiger partial charge in [-0.05, 0) is 0 Å². The van der Waals surface area contributed by atoms with Crippen LogP contribution in [0.4, 0.5) is 0 Å². The Hall–Kier alpha value is -0.280. The van der Waals surface area contributed by atoms with Gasteiger partial charge in [-0.3, -0.25) is 0 Å². The molecule has 1 rings (SSSR count). The molecule has 0 aromatic carbocycles. The van der Waals surface area contributed by atoms with Gasteiger partial charge in [0.05, 0.1) is 12.7 Å². The van der Waals surface area contributed by atoms with E-state index in [0.717, 1.165) is 0 Å². The van der Waals surface area contributed by atoms with E-state index in [-0.39, 0.29) is 19.7 Å². The summed E-state index contributed by atoms with van der Waals surface area (Å²) >= 11 is 0. The average Bonchev–Trinajstić information content (AvgIpc) is 2.25. The fourth-order valence-corrected chi connectivity index (χ4v) is 1.30. The number of ether oxygens (including phenoxy) is 2. The summed E-state index contributed by atoms with van der Waals surface area (Å²) in [6.07, 6.45) is -5.11. The SMILES string of the molecule is NCC(CN)O[C@H]1OC[C@@H](O)[C@H](O)[C@H]1O. The lowest BCUT2D eigenvalue weighted by Crippen LogP contribution is -2.55. The van der Waals surface area contributed by atoms with Crippen molar-refractivity contribution in [1.29, 1.82) is 0 Å². The third-order valence-electron chi connectivity index (χ3n) is 2.31. The second kappa shape index (κ2) is 5.71. The summed E-state index contributed by atoms with van der Waals surface area (Å²) < 4.78 is 10.2. The van der Waals surface area contributed by atoms with Gasteiger partial charge in [-0.15, -0.1) is 0 Å². The molecule has 0 amide bonds. The van der Waals surface area contributed by atoms with E-state index >= 15 is 0 Å². The quantitative estimate of drug-likeness (QED) is 0.337. The molecule has 0 aliphatic carbocycles. The van der Waals surface area contributed by atoms with Crippen molar-refractivity contribution in [2.75, 3.05) is 19.7 Å². The summed E-state index contributed by atoms with van der Waals surface area (Å²) in [5, 5.41) is 28.0. The fraction of sp³-hybridized carbons (Fsp3) is 1.00. The number of aliphatic hydroxyl groups is 3. The molecule has 0 aromatic rings. The van der Waals surface area contributed by atoms with Crippen molar-refractivity contribution < 1.29 is 24.8 Å². The van der Waals surface area contributed by atoms with Crippen molar-refractivity contribution in [1.82, 2.24) is 0 Å². The second-order valence-corrected chi connectivity index (χ2v) is 3.48. The van der Waals surface area contributed by atoms with Gasteiger partial charge < -0.3 is 36.3 Å². The van der Waals surface area contributed by atoms with E-state index in [4.69, 9.17) is 20.9 Å². The molecule has 90 valence electrons. The molecular weight excluding hydrogens is 204 g/mol. The maximum atomic E-state index is 9.51. The first-order chi connectivity index (χ1) is 7.10. The van der Waals surface area contributed by atoms with Gasteiger partial charge in [0.25, 0.3) is 0 Å². The van der Waals surface area contributed by atoms with E-state index in [1.165, 1.54) is 0 Å². The molecule has 0 aromatic heterocycles. The molecule has 1 heterocycles. The standard InChI is InChI=1S/C8H18N2O5/c9-1-4(2-10)15-8-7(13)6(12)5(11)3-14-8/h4-8,11-13H,1-3,9-10H2/t5-,6+,7-,8-/m1/s1. The lowest BCUT2D eigenvalue weighted by Gasteiger charge is -2.36. The van der Waals surface area contributed by atoms with Crippen LogP contribution < -0.4 is 11.5 Å². The lowest BCUT2D eigenvalue weighted by atomic mass is 10.1. The van der Waals surface area contributed by atoms with Crippen molar-refractivity contribution in [3.05, 3.63) is 0 Å². The van der Waals surface area contributed by atoms with Crippen LogP contribution in [0.2, 0.25) is 0 Å². The Balaban J connectivity index is 2.48. The lowest BCUT2D eigenvalue weighted by molar-refractivity contribution is -0.280. The molecule has 1 aliphatic heterocycles. The minimum Gasteiger partial charge on any atom is -0.388 e. The molecule has 0 unspecified atom stereocenters. The van der Waals surface area contributed by atoms with Gasteiger partial charge in [0.15, 0.2) is 6.29 Å². The van der Waals surface area contributed by atoms with Crippen LogP contribution in [0.5, 0.6) is 0 Å². The Morgan fingerprint density at radius 3 is 2.33 bits per heavy atom. The molecule has 15 heavy (non-hydrogen) atoms. The van der Waals surface area contributed by atoms with E-state index in [2.05, 4.69) is 0 Å². The summed E-state index contributed by atoms with van der Waals surface area (Å²) in [5.41, 5.74) is 10.7. The highest BCUT2D eigenvalue weighted by Crippen LogP contribution is 2.17. The van der Waals surface area contributed by atoms with E-state index in [9.17, 15) is 15.3 Å². The molecule has 7 heteroatoms. The molecule has 7 nitrogen and oxygen atoms in total. The fourth-order valence-electron chi connectivity index (χ4n) is 1.30. The van der Waals surface area contributed by atoms with Crippen molar-refractivity contribution in [3.63, 3.8) is 0 Å². The van der Waals surface area contributed by atoms with Crippen LogP contribution in [0.1, 0.15) is 0 Å². The summed E-state index contributed by atoms with van der Waals surface area (Å²) in [6.45, 7) is 0.300. The molecule has 0 bridgehead atoms. The van der Waals surface area contributed by atoms with Gasteiger partial charge in [0.1, 0.15) is 18.3 Å². The van der Waals surface area contributed by atoms with Gasteiger partial charge in [-0.1, -0.05) is 0 Å². The highest BCUT2D eigenvalue weighted by molar-refractivity contribution is 4.83. The van der Waals surface area contributed by atoms with E-state index in [1.54, 1.807) is 0 Å². The molecule has 0 radical (unpaired) electrons. The van der Waals surface area contributed by atoms with E-state index in [0.29, 0.717) is 0 Å². The topological polar surface area (TPSA) is 131 Å². The van der Waals surface area contributed by atoms with E-state index in [1.807, 2.05) is 0 Å². The predicted octanol–water partition coefficient (Wildman–Crippen LogP) is -3.27. The zero-order valence-corrected chi connectivity index (χ0v) is 8.32. The molecular formula is C8H18N2O5. The van der Waals surface area contributed by atoms with Gasteiger partial charge in [-0.25, -0.2) is 0 Å². The number of nitrogens with two attached hydrogens (primary N) is 2. The van der Waals surface area contributed by atoms with Crippen LogP contribution in [-0.2, 0) is 9.47 Å².